The zero-order chi connectivity index (χ0) is 16.4. The Labute approximate surface area is 136 Å². The first-order valence-electron chi connectivity index (χ1n) is 7.46. The molecule has 0 spiro atoms. The molecule has 1 saturated heterocycles. The molecule has 22 heavy (non-hydrogen) atoms. The Morgan fingerprint density at radius 2 is 1.77 bits per heavy atom. The second kappa shape index (κ2) is 6.29. The molecule has 1 aliphatic heterocycles. The van der Waals surface area contributed by atoms with Gasteiger partial charge in [0.15, 0.2) is 0 Å². The minimum absolute atomic E-state index is 0.317. The molecule has 1 amide bonds. The van der Waals surface area contributed by atoms with Crippen LogP contribution in [0.25, 0.3) is 0 Å². The number of benzene rings is 1. The summed E-state index contributed by atoms with van der Waals surface area (Å²) in [4.78, 5) is 25.5. The third kappa shape index (κ3) is 3.80. The van der Waals surface area contributed by atoms with Gasteiger partial charge in [0.25, 0.3) is 0 Å². The van der Waals surface area contributed by atoms with E-state index in [1.54, 1.807) is 17.0 Å². The van der Waals surface area contributed by atoms with Gasteiger partial charge in [-0.1, -0.05) is 23.7 Å². The van der Waals surface area contributed by atoms with Crippen LogP contribution >= 0.6 is 11.6 Å². The van der Waals surface area contributed by atoms with E-state index in [2.05, 4.69) is 0 Å². The highest BCUT2D eigenvalue weighted by molar-refractivity contribution is 6.30. The van der Waals surface area contributed by atoms with Gasteiger partial charge in [0.05, 0.1) is 5.41 Å². The number of halogens is 1. The van der Waals surface area contributed by atoms with Gasteiger partial charge in [-0.3, -0.25) is 0 Å². The Kier molecular flexibility index (Phi) is 4.81. The van der Waals surface area contributed by atoms with Crippen LogP contribution in [0.2, 0.25) is 5.02 Å². The van der Waals surface area contributed by atoms with Gasteiger partial charge in [-0.15, -0.1) is 0 Å². The summed E-state index contributed by atoms with van der Waals surface area (Å²) in [5.41, 5.74) is -0.0917. The van der Waals surface area contributed by atoms with Gasteiger partial charge in [-0.05, 0) is 51.3 Å². The third-order valence-corrected chi connectivity index (χ3v) is 4.20. The molecule has 2 rings (SSSR count). The van der Waals surface area contributed by atoms with E-state index in [9.17, 15) is 9.59 Å². The van der Waals surface area contributed by atoms with Crippen molar-refractivity contribution in [1.29, 1.82) is 0 Å². The number of rotatable bonds is 2. The molecule has 4 nitrogen and oxygen atoms in total. The Balaban J connectivity index is 2.07. The highest BCUT2D eigenvalue weighted by atomic mass is 35.5. The van der Waals surface area contributed by atoms with Gasteiger partial charge in [-0.2, -0.15) is 0 Å². The first-order chi connectivity index (χ1) is 10.3. The first kappa shape index (κ1) is 16.8. The summed E-state index contributed by atoms with van der Waals surface area (Å²) in [7, 11) is 0. The monoisotopic (exact) mass is 323 g/mol. The number of nitrogens with zero attached hydrogens (tertiary/aromatic N) is 1. The van der Waals surface area contributed by atoms with E-state index in [1.165, 1.54) is 0 Å². The summed E-state index contributed by atoms with van der Waals surface area (Å²) in [6.45, 7) is 6.56. The Morgan fingerprint density at radius 1 is 1.23 bits per heavy atom. The van der Waals surface area contributed by atoms with Gasteiger partial charge >= 0.3 is 6.09 Å². The number of aldehydes is 1. The van der Waals surface area contributed by atoms with Crippen molar-refractivity contribution in [3.05, 3.63) is 34.9 Å². The van der Waals surface area contributed by atoms with Crippen molar-refractivity contribution in [3.63, 3.8) is 0 Å². The SMILES string of the molecule is CC(C)(C)OC(=O)N1CCC(C=O)(c2ccc(Cl)cc2)CC1. The van der Waals surface area contributed by atoms with Gasteiger partial charge < -0.3 is 14.4 Å². The minimum atomic E-state index is -0.539. The quantitative estimate of drug-likeness (QED) is 0.777. The molecule has 1 heterocycles. The van der Waals surface area contributed by atoms with E-state index >= 15 is 0 Å². The molecule has 0 atom stereocenters. The number of hydrogen-bond donors (Lipinski definition) is 0. The fraction of sp³-hybridized carbons (Fsp3) is 0.529. The van der Waals surface area contributed by atoms with Gasteiger partial charge in [0.2, 0.25) is 0 Å². The van der Waals surface area contributed by atoms with Crippen molar-refractivity contribution in [3.8, 4) is 0 Å². The molecule has 1 aromatic carbocycles. The lowest BCUT2D eigenvalue weighted by atomic mass is 9.74. The van der Waals surface area contributed by atoms with Crippen molar-refractivity contribution in [2.24, 2.45) is 0 Å². The van der Waals surface area contributed by atoms with E-state index in [4.69, 9.17) is 16.3 Å². The van der Waals surface area contributed by atoms with Crippen LogP contribution in [0.1, 0.15) is 39.2 Å². The average Bonchev–Trinajstić information content (AvgIpc) is 2.46. The lowest BCUT2D eigenvalue weighted by Gasteiger charge is -2.39. The summed E-state index contributed by atoms with van der Waals surface area (Å²) in [6.07, 6.45) is 1.88. The summed E-state index contributed by atoms with van der Waals surface area (Å²) in [5, 5.41) is 0.649. The summed E-state index contributed by atoms with van der Waals surface area (Å²) in [6, 6.07) is 7.37. The van der Waals surface area contributed by atoms with E-state index in [0.717, 1.165) is 11.8 Å². The van der Waals surface area contributed by atoms with Gasteiger partial charge in [0, 0.05) is 18.1 Å². The van der Waals surface area contributed by atoms with E-state index < -0.39 is 11.0 Å². The van der Waals surface area contributed by atoms with Crippen molar-refractivity contribution in [2.75, 3.05) is 13.1 Å². The Bertz CT molecular complexity index is 540. The number of piperidine rings is 1. The van der Waals surface area contributed by atoms with Crippen LogP contribution in [0.3, 0.4) is 0 Å². The predicted molar refractivity (Wildman–Crippen MR) is 86.2 cm³/mol. The summed E-state index contributed by atoms with van der Waals surface area (Å²) < 4.78 is 5.38. The van der Waals surface area contributed by atoms with Crippen LogP contribution < -0.4 is 0 Å². The van der Waals surface area contributed by atoms with Gasteiger partial charge in [-0.25, -0.2) is 4.79 Å². The average molecular weight is 324 g/mol. The fourth-order valence-electron chi connectivity index (χ4n) is 2.67. The lowest BCUT2D eigenvalue weighted by Crippen LogP contribution is -2.47. The van der Waals surface area contributed by atoms with Crippen LogP contribution in [-0.2, 0) is 14.9 Å². The smallest absolute Gasteiger partial charge is 0.410 e. The van der Waals surface area contributed by atoms with E-state index in [1.807, 2.05) is 32.9 Å². The molecule has 120 valence electrons. The molecule has 0 radical (unpaired) electrons. The molecule has 0 aromatic heterocycles. The molecular formula is C17H22ClNO3. The van der Waals surface area contributed by atoms with Crippen LogP contribution in [0.4, 0.5) is 4.79 Å². The molecule has 0 bridgehead atoms. The van der Waals surface area contributed by atoms with Crippen LogP contribution in [0.5, 0.6) is 0 Å². The molecule has 1 aromatic rings. The summed E-state index contributed by atoms with van der Waals surface area (Å²) >= 11 is 5.91. The molecule has 0 aliphatic carbocycles. The van der Waals surface area contributed by atoms with E-state index in [0.29, 0.717) is 31.0 Å². The molecule has 1 fully saturated rings. The highest BCUT2D eigenvalue weighted by Crippen LogP contribution is 2.34. The number of amides is 1. The number of hydrogen-bond acceptors (Lipinski definition) is 3. The largest absolute Gasteiger partial charge is 0.444 e. The zero-order valence-corrected chi connectivity index (χ0v) is 14.0. The van der Waals surface area contributed by atoms with Crippen molar-refractivity contribution >= 4 is 24.0 Å². The highest BCUT2D eigenvalue weighted by Gasteiger charge is 2.38. The molecule has 0 saturated carbocycles. The maximum absolute atomic E-state index is 12.1. The van der Waals surface area contributed by atoms with Crippen LogP contribution in [0, 0.1) is 0 Å². The predicted octanol–water partition coefficient (Wildman–Crippen LogP) is 3.81. The second-order valence-electron chi connectivity index (χ2n) is 6.75. The number of likely N-dealkylation sites (tertiary alicyclic amines) is 1. The molecular weight excluding hydrogens is 302 g/mol. The topological polar surface area (TPSA) is 46.6 Å². The maximum atomic E-state index is 12.1. The standard InChI is InChI=1S/C17H22ClNO3/c1-16(2,3)22-15(21)19-10-8-17(12-20,9-11-19)13-4-6-14(18)7-5-13/h4-7,12H,8-11H2,1-3H3. The molecule has 0 unspecified atom stereocenters. The van der Waals surface area contributed by atoms with Crippen molar-refractivity contribution in [2.45, 2.75) is 44.6 Å². The molecule has 1 aliphatic rings. The Morgan fingerprint density at radius 3 is 2.23 bits per heavy atom. The molecule has 0 N–H and O–H groups in total. The minimum Gasteiger partial charge on any atom is -0.444 e. The molecule has 5 heteroatoms. The van der Waals surface area contributed by atoms with Crippen molar-refractivity contribution < 1.29 is 14.3 Å². The van der Waals surface area contributed by atoms with Crippen LogP contribution in [-0.4, -0.2) is 36.0 Å². The lowest BCUT2D eigenvalue weighted by molar-refractivity contribution is -0.114. The zero-order valence-electron chi connectivity index (χ0n) is 13.3. The normalized spacial score (nSPS) is 17.9. The summed E-state index contributed by atoms with van der Waals surface area (Å²) in [5.74, 6) is 0. The fourth-order valence-corrected chi connectivity index (χ4v) is 2.80. The number of carbonyl (C=O) groups excluding carboxylic acids is 2. The number of carbonyl (C=O) groups is 2. The maximum Gasteiger partial charge on any atom is 0.410 e. The number of ether oxygens (including phenoxy) is 1. The van der Waals surface area contributed by atoms with Crippen molar-refractivity contribution in [1.82, 2.24) is 4.90 Å². The van der Waals surface area contributed by atoms with Crippen LogP contribution in [0.15, 0.2) is 24.3 Å². The first-order valence-corrected chi connectivity index (χ1v) is 7.84. The van der Waals surface area contributed by atoms with Gasteiger partial charge in [0.1, 0.15) is 11.9 Å². The third-order valence-electron chi connectivity index (χ3n) is 3.95. The Hall–Kier alpha value is -1.55. The second-order valence-corrected chi connectivity index (χ2v) is 7.18. The van der Waals surface area contributed by atoms with E-state index in [-0.39, 0.29) is 6.09 Å².